The third-order valence-corrected chi connectivity index (χ3v) is 4.04. The van der Waals surface area contributed by atoms with Gasteiger partial charge in [0.25, 0.3) is 0 Å². The Morgan fingerprint density at radius 2 is 2.15 bits per heavy atom. The van der Waals surface area contributed by atoms with Gasteiger partial charge in [0.1, 0.15) is 0 Å². The van der Waals surface area contributed by atoms with E-state index in [-0.39, 0.29) is 30.0 Å². The van der Waals surface area contributed by atoms with E-state index in [2.05, 4.69) is 25.8 Å². The maximum absolute atomic E-state index is 12.5. The molecule has 26 heavy (non-hydrogen) atoms. The van der Waals surface area contributed by atoms with Crippen LogP contribution in [0.1, 0.15) is 12.2 Å². The van der Waals surface area contributed by atoms with E-state index < -0.39 is 12.7 Å². The molecule has 7 nitrogen and oxygen atoms in total. The number of nitrogens with one attached hydrogen (secondary N) is 2. The molecule has 1 atom stereocenters. The molecule has 1 aliphatic rings. The van der Waals surface area contributed by atoms with Crippen LogP contribution in [0.3, 0.4) is 0 Å². The summed E-state index contributed by atoms with van der Waals surface area (Å²) in [5.41, 5.74) is 0.751. The van der Waals surface area contributed by atoms with Gasteiger partial charge >= 0.3 is 6.18 Å². The number of alkyl halides is 3. The molecule has 2 N–H and O–H groups in total. The molecule has 0 amide bonds. The number of guanidine groups is 1. The van der Waals surface area contributed by atoms with Crippen LogP contribution in [0.4, 0.5) is 13.2 Å². The van der Waals surface area contributed by atoms with Gasteiger partial charge in [0.2, 0.25) is 0 Å². The van der Waals surface area contributed by atoms with Gasteiger partial charge in [0.15, 0.2) is 17.4 Å². The van der Waals surface area contributed by atoms with E-state index in [1.807, 2.05) is 28.8 Å². The van der Waals surface area contributed by atoms with Crippen LogP contribution in [0.2, 0.25) is 0 Å². The molecule has 0 radical (unpaired) electrons. The highest BCUT2D eigenvalue weighted by atomic mass is 127. The zero-order chi connectivity index (χ0) is 17.9. The Bertz CT molecular complexity index is 746. The van der Waals surface area contributed by atoms with E-state index in [4.69, 9.17) is 0 Å². The molecular formula is C15H21F3IN7. The van der Waals surface area contributed by atoms with E-state index in [1.165, 1.54) is 4.90 Å². The molecule has 2 aromatic rings. The molecule has 0 bridgehead atoms. The summed E-state index contributed by atoms with van der Waals surface area (Å²) in [6.07, 6.45) is -1.65. The van der Waals surface area contributed by atoms with Crippen molar-refractivity contribution in [3.05, 3.63) is 30.2 Å². The maximum atomic E-state index is 12.5. The number of aromatic nitrogens is 3. The Balaban J connectivity index is 0.00000243. The molecule has 1 fully saturated rings. The fourth-order valence-electron chi connectivity index (χ4n) is 2.91. The first kappa shape index (κ1) is 20.7. The molecule has 0 saturated carbocycles. The van der Waals surface area contributed by atoms with E-state index in [9.17, 15) is 13.2 Å². The molecule has 144 valence electrons. The largest absolute Gasteiger partial charge is 0.401 e. The molecule has 11 heteroatoms. The van der Waals surface area contributed by atoms with Gasteiger partial charge in [-0.15, -0.1) is 34.2 Å². The minimum absolute atomic E-state index is 0. The average Bonchev–Trinajstić information content (AvgIpc) is 3.16. The summed E-state index contributed by atoms with van der Waals surface area (Å²) in [5, 5.41) is 14.5. The first-order chi connectivity index (χ1) is 11.9. The smallest absolute Gasteiger partial charge is 0.352 e. The van der Waals surface area contributed by atoms with Crippen LogP contribution in [-0.4, -0.2) is 64.4 Å². The van der Waals surface area contributed by atoms with Crippen molar-refractivity contribution in [3.63, 3.8) is 0 Å². The average molecular weight is 483 g/mol. The van der Waals surface area contributed by atoms with Gasteiger partial charge in [0, 0.05) is 32.4 Å². The van der Waals surface area contributed by atoms with Crippen molar-refractivity contribution in [1.82, 2.24) is 30.1 Å². The quantitative estimate of drug-likeness (QED) is 0.394. The summed E-state index contributed by atoms with van der Waals surface area (Å²) >= 11 is 0. The molecule has 3 heterocycles. The van der Waals surface area contributed by atoms with Crippen LogP contribution in [0, 0.1) is 0 Å². The second kappa shape index (κ2) is 8.84. The van der Waals surface area contributed by atoms with Gasteiger partial charge in [-0.1, -0.05) is 6.07 Å². The summed E-state index contributed by atoms with van der Waals surface area (Å²) < 4.78 is 39.2. The number of pyridine rings is 1. The van der Waals surface area contributed by atoms with Crippen molar-refractivity contribution in [3.8, 4) is 0 Å². The minimum Gasteiger partial charge on any atom is -0.352 e. The second-order valence-corrected chi connectivity index (χ2v) is 5.95. The van der Waals surface area contributed by atoms with Crippen molar-refractivity contribution >= 4 is 35.6 Å². The van der Waals surface area contributed by atoms with Crippen LogP contribution in [0.15, 0.2) is 29.4 Å². The van der Waals surface area contributed by atoms with Gasteiger partial charge in [0.05, 0.1) is 13.1 Å². The van der Waals surface area contributed by atoms with Gasteiger partial charge in [-0.25, -0.2) is 0 Å². The van der Waals surface area contributed by atoms with E-state index in [0.29, 0.717) is 32.0 Å². The number of hydrogen-bond donors (Lipinski definition) is 2. The topological polar surface area (TPSA) is 69.8 Å². The van der Waals surface area contributed by atoms with Gasteiger partial charge in [-0.05, 0) is 18.6 Å². The van der Waals surface area contributed by atoms with Crippen LogP contribution in [0.25, 0.3) is 5.65 Å². The monoisotopic (exact) mass is 483 g/mol. The Labute approximate surface area is 166 Å². The lowest BCUT2D eigenvalue weighted by atomic mass is 10.3. The predicted molar refractivity (Wildman–Crippen MR) is 103 cm³/mol. The maximum Gasteiger partial charge on any atom is 0.401 e. The van der Waals surface area contributed by atoms with Crippen LogP contribution in [0.5, 0.6) is 0 Å². The molecule has 1 unspecified atom stereocenters. The lowest BCUT2D eigenvalue weighted by Crippen LogP contribution is -2.45. The number of hydrogen-bond acceptors (Lipinski definition) is 4. The molecule has 2 aromatic heterocycles. The molecule has 0 spiro atoms. The summed E-state index contributed by atoms with van der Waals surface area (Å²) in [5.74, 6) is 1.26. The number of rotatable bonds is 4. The highest BCUT2D eigenvalue weighted by Crippen LogP contribution is 2.19. The Morgan fingerprint density at radius 1 is 1.35 bits per heavy atom. The fourth-order valence-corrected chi connectivity index (χ4v) is 2.91. The second-order valence-electron chi connectivity index (χ2n) is 5.95. The fraction of sp³-hybridized carbons (Fsp3) is 0.533. The lowest BCUT2D eigenvalue weighted by Gasteiger charge is -2.19. The predicted octanol–water partition coefficient (Wildman–Crippen LogP) is 1.65. The number of halogens is 4. The zero-order valence-corrected chi connectivity index (χ0v) is 16.5. The highest BCUT2D eigenvalue weighted by Gasteiger charge is 2.34. The summed E-state index contributed by atoms with van der Waals surface area (Å²) in [4.78, 5) is 5.53. The Morgan fingerprint density at radius 3 is 2.88 bits per heavy atom. The van der Waals surface area contributed by atoms with Gasteiger partial charge < -0.3 is 10.6 Å². The number of aliphatic imine (C=N–C) groups is 1. The normalized spacial score (nSPS) is 18.8. The van der Waals surface area contributed by atoms with E-state index >= 15 is 0 Å². The number of nitrogens with zero attached hydrogens (tertiary/aromatic N) is 5. The van der Waals surface area contributed by atoms with Crippen molar-refractivity contribution in [2.24, 2.45) is 4.99 Å². The minimum atomic E-state index is -4.16. The Kier molecular flexibility index (Phi) is 7.03. The van der Waals surface area contributed by atoms with E-state index in [0.717, 1.165) is 11.5 Å². The van der Waals surface area contributed by atoms with Gasteiger partial charge in [-0.2, -0.15) is 13.2 Å². The number of likely N-dealkylation sites (tertiary alicyclic amines) is 1. The SMILES string of the molecule is CN=C(NCc1nnc2ccccn12)NC1CCN(CC(F)(F)F)C1.I. The van der Waals surface area contributed by atoms with E-state index in [1.54, 1.807) is 7.05 Å². The van der Waals surface area contributed by atoms with Gasteiger partial charge in [-0.3, -0.25) is 14.3 Å². The summed E-state index contributed by atoms with van der Waals surface area (Å²) in [7, 11) is 1.62. The third kappa shape index (κ3) is 5.43. The molecule has 1 aliphatic heterocycles. The van der Waals surface area contributed by atoms with Crippen molar-refractivity contribution in [1.29, 1.82) is 0 Å². The summed E-state index contributed by atoms with van der Waals surface area (Å²) in [6, 6.07) is 5.57. The Hall–Kier alpha value is -1.63. The van der Waals surface area contributed by atoms with Crippen LogP contribution in [-0.2, 0) is 6.54 Å². The zero-order valence-electron chi connectivity index (χ0n) is 14.2. The van der Waals surface area contributed by atoms with Crippen LogP contribution < -0.4 is 10.6 Å². The molecule has 3 rings (SSSR count). The standard InChI is InChI=1S/C15H20F3N7.HI/c1-19-14(21-11-5-7-24(9-11)10-15(16,17)18)20-8-13-23-22-12-4-2-3-6-25(12)13;/h2-4,6,11H,5,7-10H2,1H3,(H2,19,20,21);1H. The molecule has 0 aliphatic carbocycles. The van der Waals surface area contributed by atoms with Crippen molar-refractivity contribution in [2.45, 2.75) is 25.2 Å². The number of fused-ring (bicyclic) bond motifs is 1. The first-order valence-corrected chi connectivity index (χ1v) is 7.99. The highest BCUT2D eigenvalue weighted by molar-refractivity contribution is 14.0. The van der Waals surface area contributed by atoms with Crippen molar-refractivity contribution in [2.75, 3.05) is 26.7 Å². The third-order valence-electron chi connectivity index (χ3n) is 4.04. The molecule has 1 saturated heterocycles. The summed E-state index contributed by atoms with van der Waals surface area (Å²) in [6.45, 7) is 0.295. The lowest BCUT2D eigenvalue weighted by molar-refractivity contribution is -0.143. The van der Waals surface area contributed by atoms with Crippen LogP contribution >= 0.6 is 24.0 Å². The molecular weight excluding hydrogens is 462 g/mol. The van der Waals surface area contributed by atoms with Crippen molar-refractivity contribution < 1.29 is 13.2 Å². The molecule has 0 aromatic carbocycles. The first-order valence-electron chi connectivity index (χ1n) is 7.99.